The quantitative estimate of drug-likeness (QED) is 0.449. The maximum absolute atomic E-state index is 13.2. The highest BCUT2D eigenvalue weighted by Gasteiger charge is 2.23. The van der Waals surface area contributed by atoms with Gasteiger partial charge in [-0.15, -0.1) is 0 Å². The van der Waals surface area contributed by atoms with Crippen LogP contribution in [0, 0.1) is 0 Å². The number of hydrogen-bond acceptors (Lipinski definition) is 3. The Bertz CT molecular complexity index is 1310. The van der Waals surface area contributed by atoms with Gasteiger partial charge in [-0.2, -0.15) is 0 Å². The lowest BCUT2D eigenvalue weighted by Crippen LogP contribution is -2.29. The van der Waals surface area contributed by atoms with E-state index in [4.69, 9.17) is 11.6 Å². The van der Waals surface area contributed by atoms with Crippen LogP contribution >= 0.6 is 11.6 Å². The molecule has 0 unspecified atom stereocenters. The molecule has 0 spiro atoms. The molecule has 0 saturated heterocycles. The van der Waals surface area contributed by atoms with Crippen LogP contribution in [0.4, 0.5) is 0 Å². The Morgan fingerprint density at radius 1 is 0.903 bits per heavy atom. The van der Waals surface area contributed by atoms with Gasteiger partial charge >= 0.3 is 0 Å². The van der Waals surface area contributed by atoms with Gasteiger partial charge in [0.25, 0.3) is 0 Å². The van der Waals surface area contributed by atoms with E-state index in [0.717, 1.165) is 12.0 Å². The molecule has 0 saturated carbocycles. The number of hydrogen-bond donors (Lipinski definition) is 1. The van der Waals surface area contributed by atoms with Crippen molar-refractivity contribution in [1.29, 1.82) is 0 Å². The molecular formula is C24H21ClN2O3S. The van der Waals surface area contributed by atoms with Crippen molar-refractivity contribution in [2.45, 2.75) is 22.8 Å². The van der Waals surface area contributed by atoms with Crippen LogP contribution in [0.3, 0.4) is 0 Å². The number of nitrogens with zero attached hydrogens (tertiary/aromatic N) is 1. The summed E-state index contributed by atoms with van der Waals surface area (Å²) < 4.78 is 28.1. The Balaban J connectivity index is 1.56. The number of benzene rings is 3. The van der Waals surface area contributed by atoms with Gasteiger partial charge in [0, 0.05) is 28.7 Å². The maximum Gasteiger partial charge on any atom is 0.239 e. The summed E-state index contributed by atoms with van der Waals surface area (Å²) >= 11 is 5.90. The SMILES string of the molecule is O=C(Cn1cc(S(=O)(=O)c2ccc(Cl)cc2)c2ccccc21)NCCc1ccccc1. The number of sulfone groups is 1. The van der Waals surface area contributed by atoms with E-state index in [0.29, 0.717) is 22.5 Å². The summed E-state index contributed by atoms with van der Waals surface area (Å²) in [5, 5.41) is 3.95. The highest BCUT2D eigenvalue weighted by atomic mass is 35.5. The van der Waals surface area contributed by atoms with Crippen molar-refractivity contribution in [1.82, 2.24) is 9.88 Å². The van der Waals surface area contributed by atoms with E-state index in [-0.39, 0.29) is 22.2 Å². The van der Waals surface area contributed by atoms with E-state index < -0.39 is 9.84 Å². The van der Waals surface area contributed by atoms with Crippen LogP contribution in [0.2, 0.25) is 5.02 Å². The number of fused-ring (bicyclic) bond motifs is 1. The number of nitrogens with one attached hydrogen (secondary N) is 1. The summed E-state index contributed by atoms with van der Waals surface area (Å²) in [5.74, 6) is -0.174. The van der Waals surface area contributed by atoms with E-state index in [1.165, 1.54) is 18.3 Å². The molecule has 3 aromatic carbocycles. The van der Waals surface area contributed by atoms with Crippen molar-refractivity contribution in [2.24, 2.45) is 0 Å². The van der Waals surface area contributed by atoms with Crippen LogP contribution < -0.4 is 5.32 Å². The molecule has 1 N–H and O–H groups in total. The molecule has 0 aliphatic rings. The average molecular weight is 453 g/mol. The second kappa shape index (κ2) is 8.96. The molecule has 0 fully saturated rings. The number of carbonyl (C=O) groups excluding carboxylic acids is 1. The summed E-state index contributed by atoms with van der Waals surface area (Å²) in [6, 6.07) is 23.2. The van der Waals surface area contributed by atoms with Crippen LogP contribution in [-0.2, 0) is 27.6 Å². The van der Waals surface area contributed by atoms with Gasteiger partial charge in [0.1, 0.15) is 6.54 Å². The predicted molar refractivity (Wildman–Crippen MR) is 122 cm³/mol. The summed E-state index contributed by atoms with van der Waals surface area (Å²) in [7, 11) is -3.76. The topological polar surface area (TPSA) is 68.2 Å². The number of halogens is 1. The largest absolute Gasteiger partial charge is 0.354 e. The van der Waals surface area contributed by atoms with Crippen molar-refractivity contribution in [3.8, 4) is 0 Å². The third-order valence-corrected chi connectivity index (χ3v) is 7.11. The lowest BCUT2D eigenvalue weighted by atomic mass is 10.1. The molecular weight excluding hydrogens is 432 g/mol. The van der Waals surface area contributed by atoms with E-state index >= 15 is 0 Å². The molecule has 4 rings (SSSR count). The Hall–Kier alpha value is -3.09. The van der Waals surface area contributed by atoms with Crippen molar-refractivity contribution in [2.75, 3.05) is 6.54 Å². The van der Waals surface area contributed by atoms with E-state index in [1.807, 2.05) is 42.5 Å². The van der Waals surface area contributed by atoms with Gasteiger partial charge in [0.05, 0.1) is 9.79 Å². The van der Waals surface area contributed by atoms with Crippen LogP contribution in [0.5, 0.6) is 0 Å². The first kappa shape index (κ1) is 21.2. The Labute approximate surface area is 186 Å². The third-order valence-electron chi connectivity index (χ3n) is 5.06. The van der Waals surface area contributed by atoms with Crippen LogP contribution in [0.1, 0.15) is 5.56 Å². The molecule has 1 aromatic heterocycles. The minimum absolute atomic E-state index is 0.0332. The average Bonchev–Trinajstić information content (AvgIpc) is 3.14. The van der Waals surface area contributed by atoms with Gasteiger partial charge in [-0.1, -0.05) is 60.1 Å². The van der Waals surface area contributed by atoms with Gasteiger partial charge in [-0.05, 0) is 42.3 Å². The number of rotatable bonds is 7. The normalized spacial score (nSPS) is 11.5. The van der Waals surface area contributed by atoms with Crippen LogP contribution in [0.25, 0.3) is 10.9 Å². The van der Waals surface area contributed by atoms with Gasteiger partial charge in [0.15, 0.2) is 0 Å². The molecule has 0 bridgehead atoms. The van der Waals surface area contributed by atoms with E-state index in [9.17, 15) is 13.2 Å². The second-order valence-electron chi connectivity index (χ2n) is 7.18. The Morgan fingerprint density at radius 3 is 2.32 bits per heavy atom. The molecule has 0 aliphatic carbocycles. The highest BCUT2D eigenvalue weighted by Crippen LogP contribution is 2.30. The molecule has 4 aromatic rings. The van der Waals surface area contributed by atoms with Crippen molar-refractivity contribution >= 4 is 38.2 Å². The summed E-state index contributed by atoms with van der Waals surface area (Å²) in [4.78, 5) is 12.8. The minimum atomic E-state index is -3.76. The Morgan fingerprint density at radius 2 is 1.58 bits per heavy atom. The van der Waals surface area contributed by atoms with Crippen LogP contribution in [-0.4, -0.2) is 25.4 Å². The maximum atomic E-state index is 13.2. The first-order valence-corrected chi connectivity index (χ1v) is 11.7. The van der Waals surface area contributed by atoms with Crippen molar-refractivity contribution in [3.05, 3.63) is 95.6 Å². The molecule has 0 atom stereocenters. The fourth-order valence-corrected chi connectivity index (χ4v) is 5.10. The third kappa shape index (κ3) is 4.65. The summed E-state index contributed by atoms with van der Waals surface area (Å²) in [5.41, 5.74) is 1.83. The minimum Gasteiger partial charge on any atom is -0.354 e. The number of carbonyl (C=O) groups is 1. The zero-order valence-electron chi connectivity index (χ0n) is 16.7. The Kier molecular flexibility index (Phi) is 6.11. The number of amides is 1. The zero-order valence-corrected chi connectivity index (χ0v) is 18.2. The first-order valence-electron chi connectivity index (χ1n) is 9.84. The fourth-order valence-electron chi connectivity index (χ4n) is 3.50. The molecule has 0 aliphatic heterocycles. The highest BCUT2D eigenvalue weighted by molar-refractivity contribution is 7.91. The van der Waals surface area contributed by atoms with Gasteiger partial charge in [-0.3, -0.25) is 4.79 Å². The van der Waals surface area contributed by atoms with Gasteiger partial charge in [-0.25, -0.2) is 8.42 Å². The molecule has 31 heavy (non-hydrogen) atoms. The van der Waals surface area contributed by atoms with Gasteiger partial charge in [0.2, 0.25) is 15.7 Å². The zero-order chi connectivity index (χ0) is 21.8. The van der Waals surface area contributed by atoms with Crippen LogP contribution in [0.15, 0.2) is 94.9 Å². The smallest absolute Gasteiger partial charge is 0.239 e. The first-order chi connectivity index (χ1) is 14.9. The standard InChI is InChI=1S/C24H21ClN2O3S/c25-19-10-12-20(13-11-19)31(29,30)23-16-27(22-9-5-4-8-21(22)23)17-24(28)26-15-14-18-6-2-1-3-7-18/h1-13,16H,14-15,17H2,(H,26,28). The molecule has 0 radical (unpaired) electrons. The number of para-hydroxylation sites is 1. The lowest BCUT2D eigenvalue weighted by Gasteiger charge is -2.07. The monoisotopic (exact) mass is 452 g/mol. The summed E-state index contributed by atoms with van der Waals surface area (Å²) in [6.45, 7) is 0.545. The molecule has 5 nitrogen and oxygen atoms in total. The molecule has 158 valence electrons. The molecule has 1 heterocycles. The predicted octanol–water partition coefficient (Wildman–Crippen LogP) is 4.49. The van der Waals surface area contributed by atoms with E-state index in [2.05, 4.69) is 5.32 Å². The van der Waals surface area contributed by atoms with Crippen molar-refractivity contribution in [3.63, 3.8) is 0 Å². The summed E-state index contributed by atoms with van der Waals surface area (Å²) in [6.07, 6.45) is 2.26. The molecule has 1 amide bonds. The molecule has 7 heteroatoms. The lowest BCUT2D eigenvalue weighted by molar-refractivity contribution is -0.121. The fraction of sp³-hybridized carbons (Fsp3) is 0.125. The number of aromatic nitrogens is 1. The van der Waals surface area contributed by atoms with Crippen molar-refractivity contribution < 1.29 is 13.2 Å². The van der Waals surface area contributed by atoms with E-state index in [1.54, 1.807) is 28.8 Å². The second-order valence-corrected chi connectivity index (χ2v) is 9.54. The van der Waals surface area contributed by atoms with Gasteiger partial charge < -0.3 is 9.88 Å².